The second-order valence-electron chi connectivity index (χ2n) is 4.86. The lowest BCUT2D eigenvalue weighted by molar-refractivity contribution is 0.0828. The number of rotatable bonds is 2. The minimum Gasteiger partial charge on any atom is -0.361 e. The molecule has 0 saturated heterocycles. The summed E-state index contributed by atoms with van der Waals surface area (Å²) in [4.78, 5) is 16.7. The van der Waals surface area contributed by atoms with Crippen molar-refractivity contribution in [1.29, 1.82) is 0 Å². The van der Waals surface area contributed by atoms with Gasteiger partial charge < -0.3 is 9.88 Å². The maximum Gasteiger partial charge on any atom is 0.253 e. The number of benzene rings is 1. The number of hydrogen-bond acceptors (Lipinski definition) is 1. The Labute approximate surface area is 101 Å². The zero-order chi connectivity index (χ0) is 12.6. The standard InChI is InChI=1S/C14H18N2O/c1-9(2)12-8-15-13-7-10(5-6-11(12)13)14(17)16(3)4/h5-9,15H,1-4H3. The van der Waals surface area contributed by atoms with E-state index >= 15 is 0 Å². The molecule has 1 heterocycles. The van der Waals surface area contributed by atoms with Crippen LogP contribution in [-0.4, -0.2) is 29.9 Å². The zero-order valence-corrected chi connectivity index (χ0v) is 10.7. The van der Waals surface area contributed by atoms with Crippen molar-refractivity contribution in [1.82, 2.24) is 9.88 Å². The van der Waals surface area contributed by atoms with Crippen molar-refractivity contribution in [2.24, 2.45) is 0 Å². The SMILES string of the molecule is CC(C)c1c[nH]c2cc(C(=O)N(C)C)ccc12. The van der Waals surface area contributed by atoms with Crippen molar-refractivity contribution < 1.29 is 4.79 Å². The van der Waals surface area contributed by atoms with E-state index < -0.39 is 0 Å². The van der Waals surface area contributed by atoms with Gasteiger partial charge in [0.2, 0.25) is 0 Å². The summed E-state index contributed by atoms with van der Waals surface area (Å²) in [6, 6.07) is 5.84. The number of carbonyl (C=O) groups excluding carboxylic acids is 1. The lowest BCUT2D eigenvalue weighted by Gasteiger charge is -2.10. The lowest BCUT2D eigenvalue weighted by atomic mass is 10.0. The molecule has 0 saturated carbocycles. The highest BCUT2D eigenvalue weighted by atomic mass is 16.2. The number of aromatic nitrogens is 1. The molecule has 0 aliphatic carbocycles. The highest BCUT2D eigenvalue weighted by Gasteiger charge is 2.11. The largest absolute Gasteiger partial charge is 0.361 e. The summed E-state index contributed by atoms with van der Waals surface area (Å²) >= 11 is 0. The molecular weight excluding hydrogens is 212 g/mol. The van der Waals surface area contributed by atoms with Crippen molar-refractivity contribution in [3.8, 4) is 0 Å². The predicted octanol–water partition coefficient (Wildman–Crippen LogP) is 2.99. The maximum absolute atomic E-state index is 11.8. The first-order valence-electron chi connectivity index (χ1n) is 5.83. The van der Waals surface area contributed by atoms with Crippen LogP contribution in [0.1, 0.15) is 35.7 Å². The Morgan fingerprint density at radius 2 is 2.00 bits per heavy atom. The van der Waals surface area contributed by atoms with Crippen LogP contribution < -0.4 is 0 Å². The molecule has 0 unspecified atom stereocenters. The Morgan fingerprint density at radius 3 is 2.59 bits per heavy atom. The molecule has 17 heavy (non-hydrogen) atoms. The first kappa shape index (κ1) is 11.7. The molecule has 1 aromatic carbocycles. The average molecular weight is 230 g/mol. The summed E-state index contributed by atoms with van der Waals surface area (Å²) in [6.45, 7) is 4.34. The molecular formula is C14H18N2O. The van der Waals surface area contributed by atoms with Gasteiger partial charge in [0, 0.05) is 36.8 Å². The number of hydrogen-bond donors (Lipinski definition) is 1. The fourth-order valence-corrected chi connectivity index (χ4v) is 2.02. The van der Waals surface area contributed by atoms with Crippen LogP contribution in [0.25, 0.3) is 10.9 Å². The molecule has 1 N–H and O–H groups in total. The van der Waals surface area contributed by atoms with E-state index in [1.807, 2.05) is 24.4 Å². The van der Waals surface area contributed by atoms with Crippen LogP contribution in [0.4, 0.5) is 0 Å². The Kier molecular flexibility index (Phi) is 2.92. The summed E-state index contributed by atoms with van der Waals surface area (Å²) in [5, 5.41) is 1.20. The van der Waals surface area contributed by atoms with Gasteiger partial charge >= 0.3 is 0 Å². The van der Waals surface area contributed by atoms with E-state index in [4.69, 9.17) is 0 Å². The number of fused-ring (bicyclic) bond motifs is 1. The van der Waals surface area contributed by atoms with E-state index in [0.29, 0.717) is 5.92 Å². The maximum atomic E-state index is 11.8. The molecule has 0 atom stereocenters. The summed E-state index contributed by atoms with van der Waals surface area (Å²) < 4.78 is 0. The van der Waals surface area contributed by atoms with Gasteiger partial charge in [-0.15, -0.1) is 0 Å². The number of aromatic amines is 1. The smallest absolute Gasteiger partial charge is 0.253 e. The first-order valence-corrected chi connectivity index (χ1v) is 5.83. The van der Waals surface area contributed by atoms with Gasteiger partial charge in [-0.25, -0.2) is 0 Å². The van der Waals surface area contributed by atoms with Gasteiger partial charge in [0.1, 0.15) is 0 Å². The minimum absolute atomic E-state index is 0.0348. The number of amides is 1. The number of nitrogens with zero attached hydrogens (tertiary/aromatic N) is 1. The van der Waals surface area contributed by atoms with E-state index in [2.05, 4.69) is 18.8 Å². The molecule has 3 nitrogen and oxygen atoms in total. The summed E-state index contributed by atoms with van der Waals surface area (Å²) in [5.41, 5.74) is 3.05. The third kappa shape index (κ3) is 2.05. The Hall–Kier alpha value is -1.77. The van der Waals surface area contributed by atoms with Crippen LogP contribution in [0.2, 0.25) is 0 Å². The van der Waals surface area contributed by atoms with Crippen LogP contribution in [0.15, 0.2) is 24.4 Å². The number of nitrogens with one attached hydrogen (secondary N) is 1. The lowest BCUT2D eigenvalue weighted by Crippen LogP contribution is -2.21. The van der Waals surface area contributed by atoms with E-state index in [0.717, 1.165) is 11.1 Å². The number of H-pyrrole nitrogens is 1. The Morgan fingerprint density at radius 1 is 1.29 bits per heavy atom. The highest BCUT2D eigenvalue weighted by molar-refractivity contribution is 5.98. The van der Waals surface area contributed by atoms with Crippen molar-refractivity contribution in [2.75, 3.05) is 14.1 Å². The second-order valence-corrected chi connectivity index (χ2v) is 4.86. The number of carbonyl (C=O) groups is 1. The topological polar surface area (TPSA) is 36.1 Å². The third-order valence-electron chi connectivity index (χ3n) is 2.99. The van der Waals surface area contributed by atoms with Gasteiger partial charge in [0.25, 0.3) is 5.91 Å². The van der Waals surface area contributed by atoms with Crippen LogP contribution in [-0.2, 0) is 0 Å². The summed E-state index contributed by atoms with van der Waals surface area (Å²) in [6.07, 6.45) is 2.03. The van der Waals surface area contributed by atoms with Gasteiger partial charge in [-0.05, 0) is 23.6 Å². The van der Waals surface area contributed by atoms with Gasteiger partial charge in [-0.1, -0.05) is 19.9 Å². The van der Waals surface area contributed by atoms with Crippen LogP contribution >= 0.6 is 0 Å². The van der Waals surface area contributed by atoms with Crippen molar-refractivity contribution >= 4 is 16.8 Å². The predicted molar refractivity (Wildman–Crippen MR) is 70.4 cm³/mol. The molecule has 0 spiro atoms. The quantitative estimate of drug-likeness (QED) is 0.845. The monoisotopic (exact) mass is 230 g/mol. The van der Waals surface area contributed by atoms with Crippen LogP contribution in [0.5, 0.6) is 0 Å². The second kappa shape index (κ2) is 4.24. The fourth-order valence-electron chi connectivity index (χ4n) is 2.02. The molecule has 1 amide bonds. The summed E-state index contributed by atoms with van der Waals surface area (Å²) in [7, 11) is 3.53. The normalized spacial score (nSPS) is 11.1. The van der Waals surface area contributed by atoms with Crippen molar-refractivity contribution in [3.05, 3.63) is 35.5 Å². The molecule has 0 aliphatic heterocycles. The molecule has 0 radical (unpaired) electrons. The van der Waals surface area contributed by atoms with E-state index in [9.17, 15) is 4.79 Å². The van der Waals surface area contributed by atoms with Crippen LogP contribution in [0, 0.1) is 0 Å². The third-order valence-corrected chi connectivity index (χ3v) is 2.99. The minimum atomic E-state index is 0.0348. The molecule has 2 aromatic rings. The summed E-state index contributed by atoms with van der Waals surface area (Å²) in [5.74, 6) is 0.520. The molecule has 1 aromatic heterocycles. The van der Waals surface area contributed by atoms with Gasteiger partial charge in [0.15, 0.2) is 0 Å². The fraction of sp³-hybridized carbons (Fsp3) is 0.357. The van der Waals surface area contributed by atoms with E-state index in [-0.39, 0.29) is 5.91 Å². The first-order chi connectivity index (χ1) is 8.00. The molecule has 3 heteroatoms. The van der Waals surface area contributed by atoms with E-state index in [1.165, 1.54) is 10.9 Å². The Bertz CT molecular complexity index is 552. The van der Waals surface area contributed by atoms with Gasteiger partial charge in [0.05, 0.1) is 0 Å². The van der Waals surface area contributed by atoms with Gasteiger partial charge in [-0.2, -0.15) is 0 Å². The van der Waals surface area contributed by atoms with Crippen LogP contribution in [0.3, 0.4) is 0 Å². The van der Waals surface area contributed by atoms with Gasteiger partial charge in [-0.3, -0.25) is 4.79 Å². The Balaban J connectivity index is 2.50. The van der Waals surface area contributed by atoms with Crippen molar-refractivity contribution in [3.63, 3.8) is 0 Å². The highest BCUT2D eigenvalue weighted by Crippen LogP contribution is 2.25. The molecule has 90 valence electrons. The average Bonchev–Trinajstić information content (AvgIpc) is 2.70. The van der Waals surface area contributed by atoms with E-state index in [1.54, 1.807) is 19.0 Å². The molecule has 0 bridgehead atoms. The molecule has 0 aliphatic rings. The molecule has 2 rings (SSSR count). The molecule has 0 fully saturated rings. The van der Waals surface area contributed by atoms with Crippen molar-refractivity contribution in [2.45, 2.75) is 19.8 Å². The zero-order valence-electron chi connectivity index (χ0n) is 10.7.